The van der Waals surface area contributed by atoms with Crippen molar-refractivity contribution in [1.82, 2.24) is 10.2 Å². The molecule has 0 fully saturated rings. The number of benzene rings is 1. The van der Waals surface area contributed by atoms with Crippen molar-refractivity contribution in [1.29, 1.82) is 5.26 Å². The fraction of sp³-hybridized carbons (Fsp3) is 0.182. The van der Waals surface area contributed by atoms with Crippen LogP contribution in [-0.2, 0) is 5.75 Å². The van der Waals surface area contributed by atoms with Gasteiger partial charge in [0, 0.05) is 5.75 Å². The molecule has 0 bridgehead atoms. The van der Waals surface area contributed by atoms with E-state index in [-0.39, 0.29) is 5.82 Å². The molecule has 2 rings (SSSR count). The fourth-order valence-electron chi connectivity index (χ4n) is 1.27. The molecule has 0 unspecified atom stereocenters. The second-order valence-corrected chi connectivity index (χ2v) is 6.49. The molecular weight excluding hydrogens is 289 g/mol. The molecule has 1 heterocycles. The van der Waals surface area contributed by atoms with Gasteiger partial charge in [-0.1, -0.05) is 34.9 Å². The lowest BCUT2D eigenvalue weighted by Crippen LogP contribution is -1.89. The zero-order valence-corrected chi connectivity index (χ0v) is 11.8. The van der Waals surface area contributed by atoms with Crippen LogP contribution in [0.1, 0.15) is 11.1 Å². The Morgan fingerprint density at radius 1 is 1.39 bits per heavy atom. The van der Waals surface area contributed by atoms with Gasteiger partial charge < -0.3 is 0 Å². The van der Waals surface area contributed by atoms with Crippen LogP contribution in [0.25, 0.3) is 0 Å². The molecule has 0 aliphatic carbocycles. The first kappa shape index (κ1) is 13.3. The van der Waals surface area contributed by atoms with Gasteiger partial charge in [0.25, 0.3) is 0 Å². The summed E-state index contributed by atoms with van der Waals surface area (Å²) in [6.07, 6.45) is 1.94. The van der Waals surface area contributed by atoms with E-state index in [0.29, 0.717) is 16.9 Å². The van der Waals surface area contributed by atoms with Gasteiger partial charge in [-0.3, -0.25) is 0 Å². The number of rotatable bonds is 4. The zero-order valence-electron chi connectivity index (χ0n) is 9.38. The Labute approximate surface area is 116 Å². The average Bonchev–Trinajstić information content (AvgIpc) is 2.84. The van der Waals surface area contributed by atoms with Crippen LogP contribution in [0.15, 0.2) is 26.9 Å². The van der Waals surface area contributed by atoms with E-state index in [1.165, 1.54) is 41.3 Å². The Morgan fingerprint density at radius 2 is 2.17 bits per heavy atom. The number of aromatic nitrogens is 2. The molecule has 0 spiro atoms. The molecule has 0 N–H and O–H groups in total. The maximum atomic E-state index is 13.1. The largest absolute Gasteiger partial charge is 0.207 e. The number of nitrogens with zero attached hydrogens (tertiary/aromatic N) is 3. The number of hydrogen-bond donors (Lipinski definition) is 0. The van der Waals surface area contributed by atoms with Gasteiger partial charge in [0.05, 0.1) is 11.6 Å². The molecule has 1 aromatic heterocycles. The second-order valence-electron chi connectivity index (χ2n) is 3.24. The Kier molecular flexibility index (Phi) is 4.58. The molecule has 7 heteroatoms. The summed E-state index contributed by atoms with van der Waals surface area (Å²) in [6.45, 7) is 0. The lowest BCUT2D eigenvalue weighted by Gasteiger charge is -2.01. The van der Waals surface area contributed by atoms with Gasteiger partial charge in [0.2, 0.25) is 0 Å². The average molecular weight is 297 g/mol. The number of thioether (sulfide) groups is 2. The van der Waals surface area contributed by atoms with Crippen molar-refractivity contribution in [3.63, 3.8) is 0 Å². The molecule has 1 aromatic carbocycles. The quantitative estimate of drug-likeness (QED) is 0.808. The van der Waals surface area contributed by atoms with Crippen LogP contribution in [0.5, 0.6) is 0 Å². The van der Waals surface area contributed by atoms with E-state index in [9.17, 15) is 4.39 Å². The molecule has 0 saturated heterocycles. The molecule has 0 aliphatic heterocycles. The van der Waals surface area contributed by atoms with Crippen molar-refractivity contribution >= 4 is 34.9 Å². The van der Waals surface area contributed by atoms with Gasteiger partial charge in [0.15, 0.2) is 8.68 Å². The van der Waals surface area contributed by atoms with Crippen LogP contribution in [0.2, 0.25) is 0 Å². The first-order valence-corrected chi connectivity index (χ1v) is 7.94. The minimum absolute atomic E-state index is 0.327. The number of hydrogen-bond acceptors (Lipinski definition) is 6. The van der Waals surface area contributed by atoms with E-state index in [1.54, 1.807) is 11.8 Å². The minimum Gasteiger partial charge on any atom is -0.207 e. The van der Waals surface area contributed by atoms with E-state index >= 15 is 0 Å². The third kappa shape index (κ3) is 3.22. The Hall–Kier alpha value is -1.10. The second kappa shape index (κ2) is 6.18. The van der Waals surface area contributed by atoms with E-state index in [1.807, 2.05) is 6.26 Å². The van der Waals surface area contributed by atoms with Crippen LogP contribution in [0, 0.1) is 17.1 Å². The SMILES string of the molecule is CSc1nnc(SCc2cc(F)ccc2C#N)s1. The summed E-state index contributed by atoms with van der Waals surface area (Å²) in [4.78, 5) is 0. The molecule has 3 nitrogen and oxygen atoms in total. The topological polar surface area (TPSA) is 49.6 Å². The summed E-state index contributed by atoms with van der Waals surface area (Å²) in [7, 11) is 0. The van der Waals surface area contributed by atoms with Crippen LogP contribution in [0.4, 0.5) is 4.39 Å². The molecule has 18 heavy (non-hydrogen) atoms. The predicted octanol–water partition coefficient (Wildman–Crippen LogP) is 3.56. The fourth-order valence-corrected chi connectivity index (χ4v) is 3.70. The van der Waals surface area contributed by atoms with E-state index in [4.69, 9.17) is 5.26 Å². The van der Waals surface area contributed by atoms with Gasteiger partial charge in [-0.2, -0.15) is 5.26 Å². The highest BCUT2D eigenvalue weighted by Crippen LogP contribution is 2.30. The van der Waals surface area contributed by atoms with Crippen molar-refractivity contribution in [3.05, 3.63) is 35.1 Å². The van der Waals surface area contributed by atoms with Gasteiger partial charge >= 0.3 is 0 Å². The van der Waals surface area contributed by atoms with Crippen molar-refractivity contribution in [2.24, 2.45) is 0 Å². The normalized spacial score (nSPS) is 10.3. The molecule has 0 atom stereocenters. The number of halogens is 1. The number of nitriles is 1. The molecular formula is C11H8FN3S3. The van der Waals surface area contributed by atoms with Gasteiger partial charge in [-0.25, -0.2) is 4.39 Å². The summed E-state index contributed by atoms with van der Waals surface area (Å²) in [5.41, 5.74) is 1.18. The summed E-state index contributed by atoms with van der Waals surface area (Å²) in [5.74, 6) is 0.190. The predicted molar refractivity (Wildman–Crippen MR) is 72.4 cm³/mol. The summed E-state index contributed by atoms with van der Waals surface area (Å²) >= 11 is 4.50. The first-order chi connectivity index (χ1) is 8.72. The Morgan fingerprint density at radius 3 is 2.83 bits per heavy atom. The highest BCUT2D eigenvalue weighted by Gasteiger charge is 2.08. The highest BCUT2D eigenvalue weighted by atomic mass is 32.2. The van der Waals surface area contributed by atoms with E-state index in [2.05, 4.69) is 16.3 Å². The van der Waals surface area contributed by atoms with Gasteiger partial charge in [0.1, 0.15) is 5.82 Å². The smallest absolute Gasteiger partial charge is 0.175 e. The van der Waals surface area contributed by atoms with Crippen LogP contribution >= 0.6 is 34.9 Å². The van der Waals surface area contributed by atoms with Crippen molar-refractivity contribution in [2.75, 3.05) is 6.26 Å². The third-order valence-electron chi connectivity index (χ3n) is 2.10. The first-order valence-electron chi connectivity index (χ1n) is 4.91. The lowest BCUT2D eigenvalue weighted by atomic mass is 10.1. The lowest BCUT2D eigenvalue weighted by molar-refractivity contribution is 0.626. The maximum Gasteiger partial charge on any atom is 0.175 e. The standard InChI is InChI=1S/C11H8FN3S3/c1-16-10-14-15-11(18-10)17-6-8-4-9(12)3-2-7(8)5-13/h2-4H,6H2,1H3. The summed E-state index contributed by atoms with van der Waals surface area (Å²) in [6, 6.07) is 6.24. The van der Waals surface area contributed by atoms with E-state index in [0.717, 1.165) is 8.68 Å². The Balaban J connectivity index is 2.10. The van der Waals surface area contributed by atoms with Gasteiger partial charge in [-0.15, -0.1) is 10.2 Å². The zero-order chi connectivity index (χ0) is 13.0. The van der Waals surface area contributed by atoms with Crippen molar-refractivity contribution in [3.8, 4) is 6.07 Å². The maximum absolute atomic E-state index is 13.1. The summed E-state index contributed by atoms with van der Waals surface area (Å²) in [5, 5.41) is 16.9. The molecule has 0 aliphatic rings. The molecule has 0 saturated carbocycles. The van der Waals surface area contributed by atoms with Crippen molar-refractivity contribution in [2.45, 2.75) is 14.4 Å². The molecule has 0 radical (unpaired) electrons. The molecule has 2 aromatic rings. The molecule has 0 amide bonds. The Bertz CT molecular complexity index is 591. The highest BCUT2D eigenvalue weighted by molar-refractivity contribution is 8.02. The third-order valence-corrected chi connectivity index (χ3v) is 5.18. The van der Waals surface area contributed by atoms with Crippen molar-refractivity contribution < 1.29 is 4.39 Å². The van der Waals surface area contributed by atoms with Crippen LogP contribution < -0.4 is 0 Å². The van der Waals surface area contributed by atoms with Crippen LogP contribution in [0.3, 0.4) is 0 Å². The monoisotopic (exact) mass is 297 g/mol. The van der Waals surface area contributed by atoms with E-state index < -0.39 is 0 Å². The minimum atomic E-state index is -0.327. The summed E-state index contributed by atoms with van der Waals surface area (Å²) < 4.78 is 14.8. The molecule has 92 valence electrons. The van der Waals surface area contributed by atoms with Gasteiger partial charge in [-0.05, 0) is 30.0 Å². The van der Waals surface area contributed by atoms with Crippen LogP contribution in [-0.4, -0.2) is 16.5 Å².